The highest BCUT2D eigenvalue weighted by Gasteiger charge is 2.13. The van der Waals surface area contributed by atoms with Crippen molar-refractivity contribution in [2.45, 2.75) is 32.7 Å². The summed E-state index contributed by atoms with van der Waals surface area (Å²) in [5, 5.41) is 3.23. The Morgan fingerprint density at radius 1 is 1.38 bits per heavy atom. The molecular weight excluding hydrogens is 214 g/mol. The van der Waals surface area contributed by atoms with Crippen molar-refractivity contribution in [3.63, 3.8) is 0 Å². The molecule has 0 saturated carbocycles. The minimum Gasteiger partial charge on any atom is -0.382 e. The Morgan fingerprint density at radius 2 is 2.06 bits per heavy atom. The molecule has 3 nitrogen and oxygen atoms in total. The van der Waals surface area contributed by atoms with Gasteiger partial charge in [-0.3, -0.25) is 4.90 Å². The Labute approximate surface area is 97.1 Å². The number of hydrogen-bond acceptors (Lipinski definition) is 3. The lowest BCUT2D eigenvalue weighted by molar-refractivity contribution is 0.0838. The van der Waals surface area contributed by atoms with Gasteiger partial charge in [0.2, 0.25) is 0 Å². The molecule has 0 amide bonds. The zero-order chi connectivity index (χ0) is 12.4. The van der Waals surface area contributed by atoms with Crippen LogP contribution in [-0.4, -0.2) is 57.3 Å². The smallest absolute Gasteiger partial charge is 0.251 e. The first kappa shape index (κ1) is 15.7. The first-order chi connectivity index (χ1) is 7.57. The van der Waals surface area contributed by atoms with Crippen molar-refractivity contribution in [2.24, 2.45) is 0 Å². The summed E-state index contributed by atoms with van der Waals surface area (Å²) in [6, 6.07) is 0.126. The highest BCUT2D eigenvalue weighted by molar-refractivity contribution is 4.66. The predicted molar refractivity (Wildman–Crippen MR) is 62.1 cm³/mol. The van der Waals surface area contributed by atoms with E-state index < -0.39 is 6.43 Å². The van der Waals surface area contributed by atoms with E-state index in [1.165, 1.54) is 0 Å². The van der Waals surface area contributed by atoms with Crippen LogP contribution in [0.5, 0.6) is 0 Å². The van der Waals surface area contributed by atoms with E-state index in [9.17, 15) is 8.78 Å². The Bertz CT molecular complexity index is 159. The van der Waals surface area contributed by atoms with Gasteiger partial charge < -0.3 is 10.1 Å². The van der Waals surface area contributed by atoms with Crippen LogP contribution in [0.25, 0.3) is 0 Å². The van der Waals surface area contributed by atoms with Crippen molar-refractivity contribution in [3.8, 4) is 0 Å². The maximum Gasteiger partial charge on any atom is 0.251 e. The van der Waals surface area contributed by atoms with Crippen LogP contribution in [0.3, 0.4) is 0 Å². The van der Waals surface area contributed by atoms with E-state index in [-0.39, 0.29) is 12.6 Å². The summed E-state index contributed by atoms with van der Waals surface area (Å²) in [4.78, 5) is 1.67. The van der Waals surface area contributed by atoms with Gasteiger partial charge >= 0.3 is 0 Å². The van der Waals surface area contributed by atoms with Gasteiger partial charge in [0.1, 0.15) is 0 Å². The van der Waals surface area contributed by atoms with Gasteiger partial charge in [0.15, 0.2) is 0 Å². The van der Waals surface area contributed by atoms with E-state index in [0.717, 1.165) is 32.7 Å². The fraction of sp³-hybridized carbons (Fsp3) is 1.00. The quantitative estimate of drug-likeness (QED) is 0.585. The van der Waals surface area contributed by atoms with Crippen molar-refractivity contribution in [3.05, 3.63) is 0 Å². The standard InChI is InChI=1S/C11H24F2N2O/c1-4-16-7-5-6-14-8-10(2)15(3)9-11(12)13/h10-11,14H,4-9H2,1-3H3. The number of halogens is 2. The molecular formula is C11H24F2N2O. The van der Waals surface area contributed by atoms with Crippen molar-refractivity contribution >= 4 is 0 Å². The van der Waals surface area contributed by atoms with Gasteiger partial charge in [0.05, 0.1) is 6.54 Å². The lowest BCUT2D eigenvalue weighted by Gasteiger charge is -2.24. The van der Waals surface area contributed by atoms with E-state index in [2.05, 4.69) is 5.32 Å². The number of likely N-dealkylation sites (N-methyl/N-ethyl adjacent to an activating group) is 1. The number of ether oxygens (including phenoxy) is 1. The van der Waals surface area contributed by atoms with Crippen molar-refractivity contribution in [1.29, 1.82) is 0 Å². The summed E-state index contributed by atoms with van der Waals surface area (Å²) in [5.41, 5.74) is 0. The van der Waals surface area contributed by atoms with E-state index in [1.54, 1.807) is 11.9 Å². The third kappa shape index (κ3) is 9.00. The summed E-state index contributed by atoms with van der Waals surface area (Å²) in [6.07, 6.45) is -1.30. The summed E-state index contributed by atoms with van der Waals surface area (Å²) in [6.45, 7) is 6.84. The van der Waals surface area contributed by atoms with Gasteiger partial charge in [-0.2, -0.15) is 0 Å². The second-order valence-corrected chi connectivity index (χ2v) is 3.93. The molecule has 5 heteroatoms. The molecule has 0 aromatic heterocycles. The number of nitrogens with zero attached hydrogens (tertiary/aromatic N) is 1. The molecule has 0 aliphatic carbocycles. The van der Waals surface area contributed by atoms with Crippen LogP contribution in [0, 0.1) is 0 Å². The van der Waals surface area contributed by atoms with Crippen molar-refractivity contribution in [2.75, 3.05) is 39.9 Å². The normalized spacial score (nSPS) is 13.7. The molecule has 98 valence electrons. The van der Waals surface area contributed by atoms with Gasteiger partial charge in [-0.05, 0) is 33.9 Å². The molecule has 0 aliphatic heterocycles. The zero-order valence-corrected chi connectivity index (χ0v) is 10.5. The SMILES string of the molecule is CCOCCCNCC(C)N(C)CC(F)F. The van der Waals surface area contributed by atoms with Crippen LogP contribution in [0.15, 0.2) is 0 Å². The Kier molecular flexibility index (Phi) is 9.77. The number of nitrogens with one attached hydrogen (secondary N) is 1. The first-order valence-electron chi connectivity index (χ1n) is 5.84. The average molecular weight is 238 g/mol. The monoisotopic (exact) mass is 238 g/mol. The Balaban J connectivity index is 3.38. The van der Waals surface area contributed by atoms with Gasteiger partial charge in [0, 0.05) is 25.8 Å². The maximum atomic E-state index is 12.1. The third-order valence-electron chi connectivity index (χ3n) is 2.46. The van der Waals surface area contributed by atoms with Crippen LogP contribution in [0.4, 0.5) is 8.78 Å². The molecule has 0 aromatic carbocycles. The van der Waals surface area contributed by atoms with E-state index in [0.29, 0.717) is 0 Å². The molecule has 1 unspecified atom stereocenters. The van der Waals surface area contributed by atoms with Crippen LogP contribution in [0.1, 0.15) is 20.3 Å². The van der Waals surface area contributed by atoms with Gasteiger partial charge in [-0.1, -0.05) is 0 Å². The summed E-state index contributed by atoms with van der Waals surface area (Å²) in [5.74, 6) is 0. The summed E-state index contributed by atoms with van der Waals surface area (Å²) in [7, 11) is 1.72. The van der Waals surface area contributed by atoms with Crippen LogP contribution in [0.2, 0.25) is 0 Å². The Morgan fingerprint density at radius 3 is 2.62 bits per heavy atom. The predicted octanol–water partition coefficient (Wildman–Crippen LogP) is 1.59. The van der Waals surface area contributed by atoms with Gasteiger partial charge in [-0.25, -0.2) is 8.78 Å². The molecule has 16 heavy (non-hydrogen) atoms. The fourth-order valence-electron chi connectivity index (χ4n) is 1.31. The highest BCUT2D eigenvalue weighted by Crippen LogP contribution is 2.00. The van der Waals surface area contributed by atoms with Crippen LogP contribution in [-0.2, 0) is 4.74 Å². The second-order valence-electron chi connectivity index (χ2n) is 3.93. The van der Waals surface area contributed by atoms with Gasteiger partial charge in [0.25, 0.3) is 6.43 Å². The van der Waals surface area contributed by atoms with Crippen LogP contribution >= 0.6 is 0 Å². The molecule has 0 bridgehead atoms. The largest absolute Gasteiger partial charge is 0.382 e. The van der Waals surface area contributed by atoms with Gasteiger partial charge in [-0.15, -0.1) is 0 Å². The lowest BCUT2D eigenvalue weighted by atomic mass is 10.3. The number of hydrogen-bond donors (Lipinski definition) is 1. The Hall–Kier alpha value is -0.260. The molecule has 1 atom stereocenters. The minimum atomic E-state index is -2.26. The molecule has 0 fully saturated rings. The molecule has 0 aliphatic rings. The van der Waals surface area contributed by atoms with E-state index in [1.807, 2.05) is 13.8 Å². The highest BCUT2D eigenvalue weighted by atomic mass is 19.3. The molecule has 0 heterocycles. The second kappa shape index (κ2) is 9.93. The minimum absolute atomic E-state index is 0.126. The first-order valence-corrected chi connectivity index (χ1v) is 5.84. The molecule has 1 N–H and O–H groups in total. The fourth-order valence-corrected chi connectivity index (χ4v) is 1.31. The molecule has 0 aromatic rings. The lowest BCUT2D eigenvalue weighted by Crippen LogP contribution is -2.40. The molecule has 0 saturated heterocycles. The van der Waals surface area contributed by atoms with Crippen molar-refractivity contribution in [1.82, 2.24) is 10.2 Å². The topological polar surface area (TPSA) is 24.5 Å². The number of alkyl halides is 2. The van der Waals surface area contributed by atoms with E-state index in [4.69, 9.17) is 4.74 Å². The number of rotatable bonds is 10. The van der Waals surface area contributed by atoms with Crippen molar-refractivity contribution < 1.29 is 13.5 Å². The molecule has 0 spiro atoms. The molecule has 0 radical (unpaired) electrons. The van der Waals surface area contributed by atoms with Crippen LogP contribution < -0.4 is 5.32 Å². The summed E-state index contributed by atoms with van der Waals surface area (Å²) >= 11 is 0. The molecule has 0 rings (SSSR count). The maximum absolute atomic E-state index is 12.1. The zero-order valence-electron chi connectivity index (χ0n) is 10.5. The van der Waals surface area contributed by atoms with E-state index >= 15 is 0 Å². The average Bonchev–Trinajstić information content (AvgIpc) is 2.21. The third-order valence-corrected chi connectivity index (χ3v) is 2.46. The summed E-state index contributed by atoms with van der Waals surface area (Å²) < 4.78 is 29.4.